The summed E-state index contributed by atoms with van der Waals surface area (Å²) in [6, 6.07) is 0.496. The van der Waals surface area contributed by atoms with Crippen molar-refractivity contribution in [1.29, 1.82) is 0 Å². The third kappa shape index (κ3) is 3.70. The highest BCUT2D eigenvalue weighted by molar-refractivity contribution is 4.88. The molecule has 1 aliphatic heterocycles. The molecule has 0 aromatic carbocycles. The molecule has 0 aromatic heterocycles. The van der Waals surface area contributed by atoms with Gasteiger partial charge >= 0.3 is 0 Å². The van der Waals surface area contributed by atoms with E-state index in [1.807, 2.05) is 0 Å². The molecule has 1 atom stereocenters. The summed E-state index contributed by atoms with van der Waals surface area (Å²) in [7, 11) is 0. The molecule has 0 aliphatic carbocycles. The van der Waals surface area contributed by atoms with Crippen molar-refractivity contribution in [2.75, 3.05) is 39.5 Å². The van der Waals surface area contributed by atoms with E-state index in [-0.39, 0.29) is 12.0 Å². The van der Waals surface area contributed by atoms with Crippen LogP contribution in [0.2, 0.25) is 0 Å². The summed E-state index contributed by atoms with van der Waals surface area (Å²) >= 11 is 0. The molecule has 96 valence electrons. The molecule has 1 saturated heterocycles. The summed E-state index contributed by atoms with van der Waals surface area (Å²) in [5, 5.41) is 8.90. The lowest BCUT2D eigenvalue weighted by Gasteiger charge is -2.35. The summed E-state index contributed by atoms with van der Waals surface area (Å²) in [5.74, 6) is 0. The van der Waals surface area contributed by atoms with E-state index >= 15 is 0 Å². The van der Waals surface area contributed by atoms with Gasteiger partial charge in [0.2, 0.25) is 0 Å². The first-order valence-corrected chi connectivity index (χ1v) is 6.26. The minimum atomic E-state index is 0.139. The predicted molar refractivity (Wildman–Crippen MR) is 65.3 cm³/mol. The van der Waals surface area contributed by atoms with E-state index in [4.69, 9.17) is 15.6 Å². The Morgan fingerprint density at radius 1 is 1.50 bits per heavy atom. The van der Waals surface area contributed by atoms with Gasteiger partial charge in [0.15, 0.2) is 0 Å². The van der Waals surface area contributed by atoms with E-state index in [2.05, 4.69) is 18.7 Å². The molecule has 1 fully saturated rings. The van der Waals surface area contributed by atoms with E-state index in [0.717, 1.165) is 39.1 Å². The second kappa shape index (κ2) is 6.55. The van der Waals surface area contributed by atoms with Gasteiger partial charge in [0.1, 0.15) is 0 Å². The van der Waals surface area contributed by atoms with Crippen LogP contribution in [0.5, 0.6) is 0 Å². The molecule has 0 aromatic rings. The molecular formula is C12H26N2O2. The van der Waals surface area contributed by atoms with Crippen molar-refractivity contribution in [3.8, 4) is 0 Å². The molecule has 0 radical (unpaired) electrons. The smallest absolute Gasteiger partial charge is 0.0547 e. The average molecular weight is 230 g/mol. The molecular weight excluding hydrogens is 204 g/mol. The Morgan fingerprint density at radius 3 is 2.69 bits per heavy atom. The standard InChI is InChI=1S/C12H26N2O2/c1-11(2)14(5-3-6-15)9-12(8-13)4-7-16-10-12/h11,15H,3-10,13H2,1-2H3. The molecule has 0 bridgehead atoms. The summed E-state index contributed by atoms with van der Waals surface area (Å²) in [6.45, 7) is 8.88. The average Bonchev–Trinajstić information content (AvgIpc) is 2.73. The fourth-order valence-corrected chi connectivity index (χ4v) is 2.22. The zero-order valence-electron chi connectivity index (χ0n) is 10.6. The summed E-state index contributed by atoms with van der Waals surface area (Å²) in [4.78, 5) is 2.40. The topological polar surface area (TPSA) is 58.7 Å². The monoisotopic (exact) mass is 230 g/mol. The number of hydrogen-bond acceptors (Lipinski definition) is 4. The van der Waals surface area contributed by atoms with Gasteiger partial charge in [-0.15, -0.1) is 0 Å². The lowest BCUT2D eigenvalue weighted by atomic mass is 9.86. The quantitative estimate of drug-likeness (QED) is 0.666. The van der Waals surface area contributed by atoms with Crippen LogP contribution in [0, 0.1) is 5.41 Å². The maximum atomic E-state index is 8.90. The number of aliphatic hydroxyl groups excluding tert-OH is 1. The van der Waals surface area contributed by atoms with Crippen LogP contribution in [-0.4, -0.2) is 55.5 Å². The lowest BCUT2D eigenvalue weighted by Crippen LogP contribution is -2.46. The number of nitrogens with two attached hydrogens (primary N) is 1. The van der Waals surface area contributed by atoms with Crippen molar-refractivity contribution in [2.24, 2.45) is 11.1 Å². The van der Waals surface area contributed by atoms with Crippen LogP contribution in [0.15, 0.2) is 0 Å². The maximum absolute atomic E-state index is 8.90. The molecule has 3 N–H and O–H groups in total. The largest absolute Gasteiger partial charge is 0.396 e. The number of ether oxygens (including phenoxy) is 1. The first-order valence-electron chi connectivity index (χ1n) is 6.26. The van der Waals surface area contributed by atoms with E-state index < -0.39 is 0 Å². The third-order valence-corrected chi connectivity index (χ3v) is 3.49. The Morgan fingerprint density at radius 2 is 2.25 bits per heavy atom. The van der Waals surface area contributed by atoms with Gasteiger partial charge in [-0.3, -0.25) is 0 Å². The van der Waals surface area contributed by atoms with Crippen molar-refractivity contribution < 1.29 is 9.84 Å². The summed E-state index contributed by atoms with van der Waals surface area (Å²) in [5.41, 5.74) is 6.03. The molecule has 1 heterocycles. The van der Waals surface area contributed by atoms with Crippen LogP contribution < -0.4 is 5.73 Å². The van der Waals surface area contributed by atoms with Crippen LogP contribution in [-0.2, 0) is 4.74 Å². The fourth-order valence-electron chi connectivity index (χ4n) is 2.22. The Bertz CT molecular complexity index is 191. The second-order valence-electron chi connectivity index (χ2n) is 5.15. The zero-order chi connectivity index (χ0) is 12.0. The molecule has 16 heavy (non-hydrogen) atoms. The normalized spacial score (nSPS) is 25.9. The minimum absolute atomic E-state index is 0.139. The summed E-state index contributed by atoms with van der Waals surface area (Å²) < 4.78 is 5.48. The molecule has 0 amide bonds. The molecule has 0 spiro atoms. The molecule has 4 heteroatoms. The van der Waals surface area contributed by atoms with Gasteiger partial charge in [-0.1, -0.05) is 0 Å². The molecule has 1 unspecified atom stereocenters. The van der Waals surface area contributed by atoms with Gasteiger partial charge in [0.25, 0.3) is 0 Å². The Balaban J connectivity index is 2.51. The fraction of sp³-hybridized carbons (Fsp3) is 1.00. The number of nitrogens with zero attached hydrogens (tertiary/aromatic N) is 1. The minimum Gasteiger partial charge on any atom is -0.396 e. The number of rotatable bonds is 7. The molecule has 1 rings (SSSR count). The second-order valence-corrected chi connectivity index (χ2v) is 5.15. The first kappa shape index (κ1) is 13.9. The van der Waals surface area contributed by atoms with Gasteiger partial charge in [0.05, 0.1) is 6.61 Å². The zero-order valence-corrected chi connectivity index (χ0v) is 10.6. The number of aliphatic hydroxyl groups is 1. The van der Waals surface area contributed by atoms with Crippen LogP contribution in [0.25, 0.3) is 0 Å². The SMILES string of the molecule is CC(C)N(CCCO)CC1(CN)CCOC1. The van der Waals surface area contributed by atoms with Crippen molar-refractivity contribution in [3.05, 3.63) is 0 Å². The van der Waals surface area contributed by atoms with Gasteiger partial charge in [-0.05, 0) is 26.7 Å². The van der Waals surface area contributed by atoms with Gasteiger partial charge in [-0.25, -0.2) is 0 Å². The van der Waals surface area contributed by atoms with Gasteiger partial charge in [-0.2, -0.15) is 0 Å². The summed E-state index contributed by atoms with van der Waals surface area (Å²) in [6.07, 6.45) is 1.89. The molecule has 0 saturated carbocycles. The Kier molecular flexibility index (Phi) is 5.69. The molecule has 4 nitrogen and oxygen atoms in total. The number of hydrogen-bond donors (Lipinski definition) is 2. The van der Waals surface area contributed by atoms with Crippen LogP contribution in [0.4, 0.5) is 0 Å². The Hall–Kier alpha value is -0.160. The van der Waals surface area contributed by atoms with Crippen molar-refractivity contribution in [1.82, 2.24) is 4.90 Å². The Labute approximate surface area is 98.8 Å². The van der Waals surface area contributed by atoms with Crippen molar-refractivity contribution in [3.63, 3.8) is 0 Å². The van der Waals surface area contributed by atoms with Crippen molar-refractivity contribution >= 4 is 0 Å². The van der Waals surface area contributed by atoms with E-state index in [9.17, 15) is 0 Å². The highest BCUT2D eigenvalue weighted by atomic mass is 16.5. The van der Waals surface area contributed by atoms with Crippen LogP contribution >= 0.6 is 0 Å². The van der Waals surface area contributed by atoms with Gasteiger partial charge in [0, 0.05) is 44.3 Å². The van der Waals surface area contributed by atoms with Crippen LogP contribution in [0.1, 0.15) is 26.7 Å². The van der Waals surface area contributed by atoms with Crippen LogP contribution in [0.3, 0.4) is 0 Å². The van der Waals surface area contributed by atoms with E-state index in [1.54, 1.807) is 0 Å². The van der Waals surface area contributed by atoms with Gasteiger partial charge < -0.3 is 20.5 Å². The predicted octanol–water partition coefficient (Wildman–Crippen LogP) is 0.445. The lowest BCUT2D eigenvalue weighted by molar-refractivity contribution is 0.0938. The first-order chi connectivity index (χ1) is 7.63. The van der Waals surface area contributed by atoms with E-state index in [0.29, 0.717) is 12.6 Å². The highest BCUT2D eigenvalue weighted by Gasteiger charge is 2.35. The van der Waals surface area contributed by atoms with Crippen molar-refractivity contribution in [2.45, 2.75) is 32.7 Å². The molecule has 1 aliphatic rings. The highest BCUT2D eigenvalue weighted by Crippen LogP contribution is 2.29. The van der Waals surface area contributed by atoms with E-state index in [1.165, 1.54) is 0 Å². The maximum Gasteiger partial charge on any atom is 0.0547 e. The third-order valence-electron chi connectivity index (χ3n) is 3.49.